The fourth-order valence-corrected chi connectivity index (χ4v) is 5.72. The van der Waals surface area contributed by atoms with Crippen LogP contribution in [0.5, 0.6) is 0 Å². The molecular formula is C20H24F2N2O2. The molecule has 2 amide bonds. The summed E-state index contributed by atoms with van der Waals surface area (Å²) < 4.78 is 26.3. The van der Waals surface area contributed by atoms with E-state index in [1.54, 1.807) is 0 Å². The first kappa shape index (κ1) is 17.4. The summed E-state index contributed by atoms with van der Waals surface area (Å²) in [5.74, 6) is 0.308. The van der Waals surface area contributed by atoms with Crippen molar-refractivity contribution in [1.29, 1.82) is 0 Å². The molecule has 0 unspecified atom stereocenters. The van der Waals surface area contributed by atoms with Crippen LogP contribution in [0.15, 0.2) is 18.2 Å². The standard InChI is InChI=1S/C20H24F2N2O2/c21-15-6-16(22)8-17(7-15)24-18(25)1-2-23-19(26)20-9-12-3-13(10-20)5-14(4-12)11-20/h6-8,12-14H,1-5,9-11H2,(H,23,26)(H,24,25). The monoisotopic (exact) mass is 362 g/mol. The highest BCUT2D eigenvalue weighted by molar-refractivity contribution is 5.91. The molecule has 1 aromatic rings. The molecule has 4 bridgehead atoms. The lowest BCUT2D eigenvalue weighted by Gasteiger charge is -2.55. The molecule has 4 aliphatic rings. The van der Waals surface area contributed by atoms with Crippen LogP contribution in [-0.2, 0) is 9.59 Å². The molecular weight excluding hydrogens is 338 g/mol. The van der Waals surface area contributed by atoms with Crippen molar-refractivity contribution < 1.29 is 18.4 Å². The average Bonchev–Trinajstić information content (AvgIpc) is 2.52. The Labute approximate surface area is 151 Å². The number of halogens is 2. The van der Waals surface area contributed by atoms with Crippen LogP contribution in [0.3, 0.4) is 0 Å². The summed E-state index contributed by atoms with van der Waals surface area (Å²) >= 11 is 0. The number of hydrogen-bond donors (Lipinski definition) is 2. The number of rotatable bonds is 5. The SMILES string of the molecule is O=C(CCNC(=O)C12CC3CC(CC(C3)C1)C2)Nc1cc(F)cc(F)c1. The molecule has 0 saturated heterocycles. The van der Waals surface area contributed by atoms with E-state index in [0.29, 0.717) is 17.8 Å². The zero-order chi connectivity index (χ0) is 18.3. The van der Waals surface area contributed by atoms with Gasteiger partial charge in [0.25, 0.3) is 0 Å². The van der Waals surface area contributed by atoms with Gasteiger partial charge in [0.05, 0.1) is 0 Å². The first-order chi connectivity index (χ1) is 12.4. The number of benzene rings is 1. The van der Waals surface area contributed by atoms with Gasteiger partial charge in [0.1, 0.15) is 11.6 Å². The maximum Gasteiger partial charge on any atom is 0.226 e. The van der Waals surface area contributed by atoms with Gasteiger partial charge in [-0.1, -0.05) is 0 Å². The third-order valence-electron chi connectivity index (χ3n) is 6.30. The molecule has 0 aromatic heterocycles. The predicted molar refractivity (Wildman–Crippen MR) is 93.2 cm³/mol. The van der Waals surface area contributed by atoms with E-state index < -0.39 is 11.6 Å². The van der Waals surface area contributed by atoms with Crippen molar-refractivity contribution in [3.05, 3.63) is 29.8 Å². The summed E-state index contributed by atoms with van der Waals surface area (Å²) in [6.45, 7) is 0.240. The van der Waals surface area contributed by atoms with Gasteiger partial charge >= 0.3 is 0 Å². The third kappa shape index (κ3) is 3.46. The quantitative estimate of drug-likeness (QED) is 0.840. The highest BCUT2D eigenvalue weighted by Gasteiger charge is 2.54. The lowest BCUT2D eigenvalue weighted by molar-refractivity contribution is -0.146. The Morgan fingerprint density at radius 2 is 1.50 bits per heavy atom. The zero-order valence-electron chi connectivity index (χ0n) is 14.7. The Kier molecular flexibility index (Phi) is 4.45. The lowest BCUT2D eigenvalue weighted by atomic mass is 9.49. The molecule has 1 aromatic carbocycles. The molecule has 4 saturated carbocycles. The maximum atomic E-state index is 13.1. The lowest BCUT2D eigenvalue weighted by Crippen LogP contribution is -2.53. The highest BCUT2D eigenvalue weighted by Crippen LogP contribution is 2.60. The van der Waals surface area contributed by atoms with Crippen LogP contribution in [0.2, 0.25) is 0 Å². The Bertz CT molecular complexity index is 679. The Balaban J connectivity index is 1.28. The van der Waals surface area contributed by atoms with Crippen molar-refractivity contribution in [2.45, 2.75) is 44.9 Å². The molecule has 0 aliphatic heterocycles. The molecule has 6 heteroatoms. The van der Waals surface area contributed by atoms with Gasteiger partial charge < -0.3 is 10.6 Å². The Morgan fingerprint density at radius 3 is 2.04 bits per heavy atom. The second kappa shape index (κ2) is 6.63. The largest absolute Gasteiger partial charge is 0.355 e. The van der Waals surface area contributed by atoms with E-state index in [2.05, 4.69) is 10.6 Å². The molecule has 5 rings (SSSR count). The van der Waals surface area contributed by atoms with Crippen LogP contribution in [0.1, 0.15) is 44.9 Å². The van der Waals surface area contributed by atoms with Crippen LogP contribution in [0, 0.1) is 34.8 Å². The molecule has 0 atom stereocenters. The van der Waals surface area contributed by atoms with Gasteiger partial charge in [-0.15, -0.1) is 0 Å². The van der Waals surface area contributed by atoms with E-state index in [4.69, 9.17) is 0 Å². The van der Waals surface area contributed by atoms with E-state index in [1.807, 2.05) is 0 Å². The van der Waals surface area contributed by atoms with Gasteiger partial charge in [0.2, 0.25) is 11.8 Å². The molecule has 2 N–H and O–H groups in total. The molecule has 26 heavy (non-hydrogen) atoms. The molecule has 4 aliphatic carbocycles. The minimum Gasteiger partial charge on any atom is -0.355 e. The van der Waals surface area contributed by atoms with Crippen molar-refractivity contribution in [2.75, 3.05) is 11.9 Å². The van der Waals surface area contributed by atoms with Crippen molar-refractivity contribution in [3.8, 4) is 0 Å². The normalized spacial score (nSPS) is 31.7. The topological polar surface area (TPSA) is 58.2 Å². The number of anilines is 1. The second-order valence-corrected chi connectivity index (χ2v) is 8.41. The number of carbonyl (C=O) groups excluding carboxylic acids is 2. The van der Waals surface area contributed by atoms with Crippen LogP contribution >= 0.6 is 0 Å². The minimum atomic E-state index is -0.740. The van der Waals surface area contributed by atoms with Gasteiger partial charge in [0.15, 0.2) is 0 Å². The fraction of sp³-hybridized carbons (Fsp3) is 0.600. The average molecular weight is 362 g/mol. The summed E-state index contributed by atoms with van der Waals surface area (Å²) in [6.07, 6.45) is 6.87. The van der Waals surface area contributed by atoms with Crippen molar-refractivity contribution >= 4 is 17.5 Å². The fourth-order valence-electron chi connectivity index (χ4n) is 5.72. The molecule has 0 heterocycles. The summed E-state index contributed by atoms with van der Waals surface area (Å²) in [5.41, 5.74) is -0.142. The van der Waals surface area contributed by atoms with E-state index in [-0.39, 0.29) is 35.9 Å². The first-order valence-corrected chi connectivity index (χ1v) is 9.46. The second-order valence-electron chi connectivity index (χ2n) is 8.41. The highest BCUT2D eigenvalue weighted by atomic mass is 19.1. The molecule has 0 spiro atoms. The van der Waals surface area contributed by atoms with Crippen LogP contribution < -0.4 is 10.6 Å². The van der Waals surface area contributed by atoms with Crippen LogP contribution in [0.25, 0.3) is 0 Å². The molecule has 0 radical (unpaired) electrons. The Morgan fingerprint density at radius 1 is 0.962 bits per heavy atom. The summed E-state index contributed by atoms with van der Waals surface area (Å²) in [4.78, 5) is 24.7. The third-order valence-corrected chi connectivity index (χ3v) is 6.30. The van der Waals surface area contributed by atoms with E-state index in [0.717, 1.165) is 37.5 Å². The van der Waals surface area contributed by atoms with E-state index in [9.17, 15) is 18.4 Å². The number of nitrogens with one attached hydrogen (secondary N) is 2. The van der Waals surface area contributed by atoms with Gasteiger partial charge in [0, 0.05) is 30.1 Å². The smallest absolute Gasteiger partial charge is 0.226 e. The van der Waals surface area contributed by atoms with Gasteiger partial charge in [-0.05, 0) is 68.4 Å². The van der Waals surface area contributed by atoms with E-state index in [1.165, 1.54) is 19.3 Å². The van der Waals surface area contributed by atoms with E-state index >= 15 is 0 Å². The van der Waals surface area contributed by atoms with Crippen LogP contribution in [0.4, 0.5) is 14.5 Å². The number of carbonyl (C=O) groups is 2. The van der Waals surface area contributed by atoms with Crippen molar-refractivity contribution in [1.82, 2.24) is 5.32 Å². The van der Waals surface area contributed by atoms with Crippen molar-refractivity contribution in [3.63, 3.8) is 0 Å². The molecule has 140 valence electrons. The first-order valence-electron chi connectivity index (χ1n) is 9.46. The van der Waals surface area contributed by atoms with Crippen molar-refractivity contribution in [2.24, 2.45) is 23.2 Å². The van der Waals surface area contributed by atoms with Crippen LogP contribution in [-0.4, -0.2) is 18.4 Å². The molecule has 4 nitrogen and oxygen atoms in total. The Hall–Kier alpha value is -1.98. The maximum absolute atomic E-state index is 13.1. The summed E-state index contributed by atoms with van der Waals surface area (Å²) in [7, 11) is 0. The van der Waals surface area contributed by atoms with Gasteiger partial charge in [-0.2, -0.15) is 0 Å². The summed E-state index contributed by atoms with van der Waals surface area (Å²) in [5, 5.41) is 5.39. The van der Waals surface area contributed by atoms with Gasteiger partial charge in [-0.25, -0.2) is 8.78 Å². The predicted octanol–water partition coefficient (Wildman–Crippen LogP) is 3.63. The van der Waals surface area contributed by atoms with Gasteiger partial charge in [-0.3, -0.25) is 9.59 Å². The minimum absolute atomic E-state index is 0.0796. The molecule has 4 fully saturated rings. The summed E-state index contributed by atoms with van der Waals surface area (Å²) in [6, 6.07) is 2.88. The zero-order valence-corrected chi connectivity index (χ0v) is 14.7. The number of hydrogen-bond acceptors (Lipinski definition) is 2. The number of amides is 2.